The molecule has 0 heterocycles. The number of carbonyl (C=O) groups is 1. The summed E-state index contributed by atoms with van der Waals surface area (Å²) in [5, 5.41) is 3.29. The van der Waals surface area contributed by atoms with Crippen LogP contribution in [0.3, 0.4) is 0 Å². The van der Waals surface area contributed by atoms with Crippen molar-refractivity contribution in [2.75, 3.05) is 45.8 Å². The average molecular weight is 264 g/mol. The molecule has 0 aliphatic carbocycles. The Kier molecular flexibility index (Phi) is 5.18. The number of nitrogens with one attached hydrogen (secondary N) is 1. The molecule has 1 atom stereocenters. The number of rotatable bonds is 5. The SMILES string of the molecule is CC(CNc1cc(C(=O)N(C)C)ccc1N)N(C)C. The molecule has 0 saturated carbocycles. The molecule has 0 aliphatic heterocycles. The highest BCUT2D eigenvalue weighted by Crippen LogP contribution is 2.20. The van der Waals surface area contributed by atoms with E-state index in [0.717, 1.165) is 12.2 Å². The van der Waals surface area contributed by atoms with Gasteiger partial charge in [-0.3, -0.25) is 4.79 Å². The van der Waals surface area contributed by atoms with Gasteiger partial charge in [0.2, 0.25) is 0 Å². The number of hydrogen-bond donors (Lipinski definition) is 2. The summed E-state index contributed by atoms with van der Waals surface area (Å²) in [6.45, 7) is 2.90. The third-order valence-corrected chi connectivity index (χ3v) is 3.18. The normalized spacial score (nSPS) is 12.3. The van der Waals surface area contributed by atoms with Crippen LogP contribution in [0.2, 0.25) is 0 Å². The Balaban J connectivity index is 2.83. The molecule has 0 aliphatic rings. The van der Waals surface area contributed by atoms with Gasteiger partial charge in [0.1, 0.15) is 0 Å². The fourth-order valence-corrected chi connectivity index (χ4v) is 1.54. The predicted molar refractivity (Wildman–Crippen MR) is 80.5 cm³/mol. The van der Waals surface area contributed by atoms with Crippen molar-refractivity contribution in [3.05, 3.63) is 23.8 Å². The lowest BCUT2D eigenvalue weighted by atomic mass is 10.1. The molecule has 5 nitrogen and oxygen atoms in total. The molecule has 0 aromatic heterocycles. The molecule has 1 aromatic carbocycles. The lowest BCUT2D eigenvalue weighted by Gasteiger charge is -2.21. The summed E-state index contributed by atoms with van der Waals surface area (Å²) in [4.78, 5) is 15.6. The summed E-state index contributed by atoms with van der Waals surface area (Å²) >= 11 is 0. The van der Waals surface area contributed by atoms with E-state index in [9.17, 15) is 4.79 Å². The Hall–Kier alpha value is -1.75. The van der Waals surface area contributed by atoms with Crippen LogP contribution < -0.4 is 11.1 Å². The number of nitrogen functional groups attached to an aromatic ring is 1. The van der Waals surface area contributed by atoms with Crippen LogP contribution in [0.25, 0.3) is 0 Å². The molecule has 0 fully saturated rings. The van der Waals surface area contributed by atoms with Gasteiger partial charge in [0.25, 0.3) is 5.91 Å². The first-order valence-electron chi connectivity index (χ1n) is 6.34. The standard InChI is InChI=1S/C14H24N4O/c1-10(17(2)3)9-16-13-8-11(6-7-12(13)15)14(19)18(4)5/h6-8,10,16H,9,15H2,1-5H3. The Morgan fingerprint density at radius 3 is 2.47 bits per heavy atom. The van der Waals surface area contributed by atoms with Crippen LogP contribution in [0.5, 0.6) is 0 Å². The first kappa shape index (κ1) is 15.3. The van der Waals surface area contributed by atoms with Gasteiger partial charge in [-0.25, -0.2) is 0 Å². The monoisotopic (exact) mass is 264 g/mol. The number of likely N-dealkylation sites (N-methyl/N-ethyl adjacent to an activating group) is 1. The second-order valence-corrected chi connectivity index (χ2v) is 5.20. The summed E-state index contributed by atoms with van der Waals surface area (Å²) in [5.41, 5.74) is 8.03. The van der Waals surface area contributed by atoms with Gasteiger partial charge in [0, 0.05) is 32.2 Å². The maximum atomic E-state index is 11.9. The van der Waals surface area contributed by atoms with Crippen molar-refractivity contribution in [1.29, 1.82) is 0 Å². The highest BCUT2D eigenvalue weighted by molar-refractivity contribution is 5.95. The Morgan fingerprint density at radius 1 is 1.32 bits per heavy atom. The van der Waals surface area contributed by atoms with Crippen molar-refractivity contribution in [2.24, 2.45) is 0 Å². The molecule has 0 spiro atoms. The number of amides is 1. The van der Waals surface area contributed by atoms with Crippen LogP contribution in [0.1, 0.15) is 17.3 Å². The second kappa shape index (κ2) is 6.43. The molecule has 1 amide bonds. The van der Waals surface area contributed by atoms with E-state index in [0.29, 0.717) is 17.3 Å². The molecular weight excluding hydrogens is 240 g/mol. The maximum absolute atomic E-state index is 11.9. The van der Waals surface area contributed by atoms with Crippen LogP contribution >= 0.6 is 0 Å². The van der Waals surface area contributed by atoms with Crippen LogP contribution in [0.4, 0.5) is 11.4 Å². The van der Waals surface area contributed by atoms with Crippen molar-refractivity contribution < 1.29 is 4.79 Å². The molecule has 106 valence electrons. The van der Waals surface area contributed by atoms with E-state index in [1.165, 1.54) is 0 Å². The molecule has 3 N–H and O–H groups in total. The number of nitrogens with zero attached hydrogens (tertiary/aromatic N) is 2. The summed E-state index contributed by atoms with van der Waals surface area (Å²) in [7, 11) is 7.53. The molecule has 19 heavy (non-hydrogen) atoms. The van der Waals surface area contributed by atoms with Crippen LogP contribution in [0.15, 0.2) is 18.2 Å². The first-order chi connectivity index (χ1) is 8.82. The second-order valence-electron chi connectivity index (χ2n) is 5.20. The van der Waals surface area contributed by atoms with Gasteiger partial charge in [-0.15, -0.1) is 0 Å². The minimum atomic E-state index is -0.0243. The average Bonchev–Trinajstić information content (AvgIpc) is 2.36. The number of carbonyl (C=O) groups excluding carboxylic acids is 1. The number of anilines is 2. The van der Waals surface area contributed by atoms with Gasteiger partial charge >= 0.3 is 0 Å². The van der Waals surface area contributed by atoms with E-state index in [1.807, 2.05) is 14.1 Å². The van der Waals surface area contributed by atoms with Crippen LogP contribution in [-0.2, 0) is 0 Å². The van der Waals surface area contributed by atoms with Crippen LogP contribution in [0, 0.1) is 0 Å². The molecule has 1 aromatic rings. The molecule has 1 rings (SSSR count). The highest BCUT2D eigenvalue weighted by atomic mass is 16.2. The van der Waals surface area contributed by atoms with E-state index >= 15 is 0 Å². The van der Waals surface area contributed by atoms with Gasteiger partial charge in [-0.2, -0.15) is 0 Å². The van der Waals surface area contributed by atoms with Gasteiger partial charge in [0.15, 0.2) is 0 Å². The zero-order valence-electron chi connectivity index (χ0n) is 12.4. The van der Waals surface area contributed by atoms with Crippen molar-refractivity contribution in [3.8, 4) is 0 Å². The minimum absolute atomic E-state index is 0.0243. The quantitative estimate of drug-likeness (QED) is 0.788. The smallest absolute Gasteiger partial charge is 0.253 e. The van der Waals surface area contributed by atoms with E-state index in [1.54, 1.807) is 37.2 Å². The Bertz CT molecular complexity index is 443. The third kappa shape index (κ3) is 4.13. The summed E-state index contributed by atoms with van der Waals surface area (Å²) in [5.74, 6) is -0.0243. The molecular formula is C14H24N4O. The largest absolute Gasteiger partial charge is 0.397 e. The van der Waals surface area contributed by atoms with Crippen molar-refractivity contribution in [3.63, 3.8) is 0 Å². The van der Waals surface area contributed by atoms with E-state index in [2.05, 4.69) is 17.1 Å². The Morgan fingerprint density at radius 2 is 1.95 bits per heavy atom. The third-order valence-electron chi connectivity index (χ3n) is 3.18. The summed E-state index contributed by atoms with van der Waals surface area (Å²) < 4.78 is 0. The lowest BCUT2D eigenvalue weighted by Crippen LogP contribution is -2.31. The van der Waals surface area contributed by atoms with E-state index < -0.39 is 0 Å². The minimum Gasteiger partial charge on any atom is -0.397 e. The summed E-state index contributed by atoms with van der Waals surface area (Å²) in [6.07, 6.45) is 0. The zero-order valence-corrected chi connectivity index (χ0v) is 12.4. The topological polar surface area (TPSA) is 61.6 Å². The van der Waals surface area contributed by atoms with Crippen molar-refractivity contribution in [2.45, 2.75) is 13.0 Å². The molecule has 5 heteroatoms. The fraction of sp³-hybridized carbons (Fsp3) is 0.500. The van der Waals surface area contributed by atoms with Crippen molar-refractivity contribution >= 4 is 17.3 Å². The number of nitrogens with two attached hydrogens (primary N) is 1. The van der Waals surface area contributed by atoms with Gasteiger partial charge in [0.05, 0.1) is 11.4 Å². The zero-order chi connectivity index (χ0) is 14.6. The van der Waals surface area contributed by atoms with E-state index in [4.69, 9.17) is 5.73 Å². The highest BCUT2D eigenvalue weighted by Gasteiger charge is 2.11. The molecule has 0 bridgehead atoms. The predicted octanol–water partition coefficient (Wildman–Crippen LogP) is 1.33. The van der Waals surface area contributed by atoms with E-state index in [-0.39, 0.29) is 5.91 Å². The number of benzene rings is 1. The van der Waals surface area contributed by atoms with Gasteiger partial charge in [-0.1, -0.05) is 0 Å². The maximum Gasteiger partial charge on any atom is 0.253 e. The first-order valence-corrected chi connectivity index (χ1v) is 6.34. The lowest BCUT2D eigenvalue weighted by molar-refractivity contribution is 0.0827. The summed E-state index contributed by atoms with van der Waals surface area (Å²) in [6, 6.07) is 5.70. The van der Waals surface area contributed by atoms with Crippen LogP contribution in [-0.4, -0.2) is 56.5 Å². The fourth-order valence-electron chi connectivity index (χ4n) is 1.54. The molecule has 1 unspecified atom stereocenters. The van der Waals surface area contributed by atoms with Gasteiger partial charge < -0.3 is 20.9 Å². The number of hydrogen-bond acceptors (Lipinski definition) is 4. The Labute approximate surface area is 115 Å². The molecule has 0 radical (unpaired) electrons. The van der Waals surface area contributed by atoms with Crippen molar-refractivity contribution in [1.82, 2.24) is 9.80 Å². The molecule has 0 saturated heterocycles. The van der Waals surface area contributed by atoms with Gasteiger partial charge in [-0.05, 0) is 39.2 Å².